The summed E-state index contributed by atoms with van der Waals surface area (Å²) in [7, 11) is -9.90. The molecule has 0 radical (unpaired) electrons. The molecule has 528 valence electrons. The molecule has 0 bridgehead atoms. The highest BCUT2D eigenvalue weighted by Crippen LogP contribution is 2.45. The molecule has 0 spiro atoms. The van der Waals surface area contributed by atoms with Crippen molar-refractivity contribution >= 4 is 39.5 Å². The van der Waals surface area contributed by atoms with E-state index in [9.17, 15) is 43.2 Å². The van der Waals surface area contributed by atoms with Gasteiger partial charge in [-0.1, -0.05) is 305 Å². The van der Waals surface area contributed by atoms with Gasteiger partial charge in [0.05, 0.1) is 26.4 Å². The van der Waals surface area contributed by atoms with Crippen LogP contribution < -0.4 is 0 Å². The number of carbonyl (C=O) groups excluding carboxylic acids is 4. The number of hydrogen-bond donors (Lipinski definition) is 3. The summed E-state index contributed by atoms with van der Waals surface area (Å²) in [5.74, 6) is -0.628. The van der Waals surface area contributed by atoms with Crippen LogP contribution in [0, 0.1) is 11.8 Å². The Morgan fingerprint density at radius 2 is 0.517 bits per heavy atom. The molecule has 0 aromatic heterocycles. The number of hydrogen-bond acceptors (Lipinski definition) is 15. The van der Waals surface area contributed by atoms with Gasteiger partial charge in [0.15, 0.2) is 12.2 Å². The summed E-state index contributed by atoms with van der Waals surface area (Å²) in [4.78, 5) is 72.4. The van der Waals surface area contributed by atoms with Crippen molar-refractivity contribution in [2.75, 3.05) is 39.6 Å². The molecular formula is C70H136O17P2. The van der Waals surface area contributed by atoms with Gasteiger partial charge in [0.2, 0.25) is 0 Å². The average molecular weight is 1310 g/mol. The molecule has 3 N–H and O–H groups in total. The van der Waals surface area contributed by atoms with Gasteiger partial charge in [0.25, 0.3) is 0 Å². The number of ether oxygens (including phenoxy) is 4. The van der Waals surface area contributed by atoms with Gasteiger partial charge >= 0.3 is 39.5 Å². The molecule has 0 aliphatic heterocycles. The predicted molar refractivity (Wildman–Crippen MR) is 358 cm³/mol. The van der Waals surface area contributed by atoms with E-state index in [1.165, 1.54) is 173 Å². The first-order valence-electron chi connectivity index (χ1n) is 36.5. The van der Waals surface area contributed by atoms with Gasteiger partial charge in [0.1, 0.15) is 19.3 Å². The fraction of sp³-hybridized carbons (Fsp3) is 0.943. The second-order valence-corrected chi connectivity index (χ2v) is 29.1. The Labute approximate surface area is 543 Å². The second kappa shape index (κ2) is 62.2. The van der Waals surface area contributed by atoms with Crippen LogP contribution in [0.2, 0.25) is 0 Å². The lowest BCUT2D eigenvalue weighted by atomic mass is 10.0. The number of unbranched alkanes of at least 4 members (excludes halogenated alkanes) is 39. The van der Waals surface area contributed by atoms with Crippen molar-refractivity contribution in [2.24, 2.45) is 11.8 Å². The van der Waals surface area contributed by atoms with Crippen LogP contribution in [0.5, 0.6) is 0 Å². The van der Waals surface area contributed by atoms with Crippen molar-refractivity contribution in [3.05, 3.63) is 0 Å². The van der Waals surface area contributed by atoms with Crippen molar-refractivity contribution < 1.29 is 80.2 Å². The summed E-state index contributed by atoms with van der Waals surface area (Å²) >= 11 is 0. The second-order valence-electron chi connectivity index (χ2n) is 26.2. The van der Waals surface area contributed by atoms with Crippen LogP contribution in [0.25, 0.3) is 0 Å². The molecule has 0 rings (SSSR count). The SMILES string of the molecule is CCCCCCCCCCCCCCC(=O)OC[C@H](COP(=O)(O)OC[C@@H](O)COP(=O)(O)OC[C@@H](COC(=O)CCCCCCCCCCC)OC(=O)CCCCCCCCCC(C)C)OC(=O)CCCCCCCCCCCCCCCCCC(C)C. The lowest BCUT2D eigenvalue weighted by molar-refractivity contribution is -0.161. The lowest BCUT2D eigenvalue weighted by Gasteiger charge is -2.21. The Morgan fingerprint density at radius 3 is 0.764 bits per heavy atom. The van der Waals surface area contributed by atoms with E-state index in [4.69, 9.17) is 37.0 Å². The van der Waals surface area contributed by atoms with Crippen LogP contribution in [0.1, 0.15) is 356 Å². The molecule has 0 saturated carbocycles. The zero-order chi connectivity index (χ0) is 65.7. The van der Waals surface area contributed by atoms with Gasteiger partial charge in [-0.05, 0) is 37.5 Å². The fourth-order valence-corrected chi connectivity index (χ4v) is 12.2. The normalized spacial score (nSPS) is 14.1. The molecule has 17 nitrogen and oxygen atoms in total. The van der Waals surface area contributed by atoms with Gasteiger partial charge in [-0.3, -0.25) is 37.3 Å². The van der Waals surface area contributed by atoms with Crippen molar-refractivity contribution in [3.63, 3.8) is 0 Å². The van der Waals surface area contributed by atoms with E-state index in [0.717, 1.165) is 95.8 Å². The minimum absolute atomic E-state index is 0.104. The zero-order valence-corrected chi connectivity index (χ0v) is 59.5. The van der Waals surface area contributed by atoms with Crippen LogP contribution in [-0.4, -0.2) is 96.7 Å². The van der Waals surface area contributed by atoms with Crippen LogP contribution in [-0.2, 0) is 65.4 Å². The van der Waals surface area contributed by atoms with Gasteiger partial charge in [-0.15, -0.1) is 0 Å². The van der Waals surface area contributed by atoms with Crippen LogP contribution in [0.4, 0.5) is 0 Å². The van der Waals surface area contributed by atoms with Gasteiger partial charge < -0.3 is 33.8 Å². The smallest absolute Gasteiger partial charge is 0.462 e. The highest BCUT2D eigenvalue weighted by atomic mass is 31.2. The van der Waals surface area contributed by atoms with E-state index < -0.39 is 97.5 Å². The Balaban J connectivity index is 5.21. The van der Waals surface area contributed by atoms with Crippen molar-refractivity contribution in [1.29, 1.82) is 0 Å². The molecule has 0 aliphatic rings. The number of aliphatic hydroxyl groups excluding tert-OH is 1. The summed E-state index contributed by atoms with van der Waals surface area (Å²) < 4.78 is 68.2. The minimum Gasteiger partial charge on any atom is -0.462 e. The third-order valence-corrected chi connectivity index (χ3v) is 18.1. The minimum atomic E-state index is -4.95. The highest BCUT2D eigenvalue weighted by molar-refractivity contribution is 7.47. The maximum absolute atomic E-state index is 13.0. The van der Waals surface area contributed by atoms with E-state index in [1.54, 1.807) is 0 Å². The first kappa shape index (κ1) is 87.1. The predicted octanol–water partition coefficient (Wildman–Crippen LogP) is 20.0. The lowest BCUT2D eigenvalue weighted by Crippen LogP contribution is -2.30. The molecule has 0 heterocycles. The van der Waals surface area contributed by atoms with Gasteiger partial charge in [-0.25, -0.2) is 9.13 Å². The molecule has 0 aromatic carbocycles. The van der Waals surface area contributed by atoms with Crippen LogP contribution in [0.3, 0.4) is 0 Å². The maximum atomic E-state index is 13.0. The number of aliphatic hydroxyl groups is 1. The third-order valence-electron chi connectivity index (χ3n) is 16.2. The maximum Gasteiger partial charge on any atom is 0.472 e. The quantitative estimate of drug-likeness (QED) is 0.0222. The molecule has 0 fully saturated rings. The molecule has 2 unspecified atom stereocenters. The molecule has 5 atom stereocenters. The van der Waals surface area contributed by atoms with E-state index in [2.05, 4.69) is 41.5 Å². The molecular weight excluding hydrogens is 1170 g/mol. The van der Waals surface area contributed by atoms with Crippen LogP contribution >= 0.6 is 15.6 Å². The highest BCUT2D eigenvalue weighted by Gasteiger charge is 2.30. The standard InChI is InChI=1S/C70H136O17P2/c1-7-9-11-13-15-17-18-25-29-35-41-47-53-68(73)81-58-65(86-69(74)54-48-42-36-30-26-23-21-19-20-22-24-28-32-38-44-50-62(3)4)60-84-88(76,77)82-56-64(71)57-83-89(78,79)85-61-66(59-80-67(72)52-46-40-34-27-16-14-12-10-8-2)87-70(75)55-49-43-37-31-33-39-45-51-63(5)6/h62-66,71H,7-61H2,1-6H3,(H,76,77)(H,78,79)/t64-,65-,66-/m1/s1. The van der Waals surface area contributed by atoms with E-state index in [1.807, 2.05) is 0 Å². The first-order chi connectivity index (χ1) is 42.9. The summed E-state index contributed by atoms with van der Waals surface area (Å²) in [5.41, 5.74) is 0. The Morgan fingerprint density at radius 1 is 0.303 bits per heavy atom. The number of esters is 4. The van der Waals surface area contributed by atoms with Crippen LogP contribution in [0.15, 0.2) is 0 Å². The van der Waals surface area contributed by atoms with Gasteiger partial charge in [-0.2, -0.15) is 0 Å². The number of carbonyl (C=O) groups is 4. The molecule has 89 heavy (non-hydrogen) atoms. The molecule has 0 aliphatic carbocycles. The summed E-state index contributed by atoms with van der Waals surface area (Å²) in [6.45, 7) is 9.49. The zero-order valence-electron chi connectivity index (χ0n) is 57.7. The monoisotopic (exact) mass is 1310 g/mol. The summed E-state index contributed by atoms with van der Waals surface area (Å²) in [6.07, 6.45) is 47.3. The van der Waals surface area contributed by atoms with E-state index in [0.29, 0.717) is 31.6 Å². The topological polar surface area (TPSA) is 237 Å². The average Bonchev–Trinajstić information content (AvgIpc) is 3.66. The Kier molecular flexibility index (Phi) is 60.8. The first-order valence-corrected chi connectivity index (χ1v) is 39.5. The summed E-state index contributed by atoms with van der Waals surface area (Å²) in [6, 6.07) is 0. The largest absolute Gasteiger partial charge is 0.472 e. The molecule has 19 heteroatoms. The van der Waals surface area contributed by atoms with E-state index in [-0.39, 0.29) is 25.7 Å². The number of phosphoric acid groups is 2. The Bertz CT molecular complexity index is 1730. The molecule has 0 saturated heterocycles. The van der Waals surface area contributed by atoms with Crippen molar-refractivity contribution in [3.8, 4) is 0 Å². The number of phosphoric ester groups is 2. The third kappa shape index (κ3) is 64.6. The summed E-state index contributed by atoms with van der Waals surface area (Å²) in [5, 5.41) is 10.6. The van der Waals surface area contributed by atoms with E-state index >= 15 is 0 Å². The molecule has 0 amide bonds. The fourth-order valence-electron chi connectivity index (χ4n) is 10.6. The number of rotatable bonds is 69. The van der Waals surface area contributed by atoms with Gasteiger partial charge in [0, 0.05) is 25.7 Å². The molecule has 0 aromatic rings. The Hall–Kier alpha value is -1.94. The van der Waals surface area contributed by atoms with Crippen molar-refractivity contribution in [1.82, 2.24) is 0 Å². The van der Waals surface area contributed by atoms with Crippen molar-refractivity contribution in [2.45, 2.75) is 374 Å².